The van der Waals surface area contributed by atoms with E-state index in [9.17, 15) is 13.4 Å². The summed E-state index contributed by atoms with van der Waals surface area (Å²) in [7, 11) is -1.37. The van der Waals surface area contributed by atoms with Crippen LogP contribution in [0.5, 0.6) is 0 Å². The zero-order valence-corrected chi connectivity index (χ0v) is 18.5. The SMILES string of the molecule is Cc1cccc(N2CCN(C(=O)c3ccc(CS(=O)c4ccc(F)cc4)o3)CC2)c1C. The fourth-order valence-corrected chi connectivity index (χ4v) is 4.77. The van der Waals surface area contributed by atoms with Crippen LogP contribution in [0.1, 0.15) is 27.4 Å². The van der Waals surface area contributed by atoms with Crippen molar-refractivity contribution in [2.45, 2.75) is 24.5 Å². The molecule has 0 spiro atoms. The lowest BCUT2D eigenvalue weighted by Gasteiger charge is -2.36. The second kappa shape index (κ2) is 9.06. The van der Waals surface area contributed by atoms with Crippen molar-refractivity contribution < 1.29 is 17.8 Å². The number of furan rings is 1. The van der Waals surface area contributed by atoms with Gasteiger partial charge in [0.2, 0.25) is 0 Å². The zero-order valence-electron chi connectivity index (χ0n) is 17.6. The van der Waals surface area contributed by atoms with Gasteiger partial charge in [0.05, 0.1) is 16.6 Å². The monoisotopic (exact) mass is 440 g/mol. The Balaban J connectivity index is 1.36. The molecule has 2 aromatic carbocycles. The summed E-state index contributed by atoms with van der Waals surface area (Å²) in [5, 5.41) is 0. The first-order chi connectivity index (χ1) is 14.9. The molecule has 4 rings (SSSR count). The lowest BCUT2D eigenvalue weighted by Crippen LogP contribution is -2.49. The summed E-state index contributed by atoms with van der Waals surface area (Å²) in [5.74, 6) is 0.342. The standard InChI is InChI=1S/C24H25FN2O3S/c1-17-4-3-5-22(18(17)2)26-12-14-27(15-13-26)24(28)23-11-8-20(30-23)16-31(29)21-9-6-19(25)7-10-21/h3-11H,12-16H2,1-2H3. The molecule has 0 N–H and O–H groups in total. The van der Waals surface area contributed by atoms with Crippen LogP contribution in [0.2, 0.25) is 0 Å². The number of hydrogen-bond acceptors (Lipinski definition) is 4. The predicted octanol–water partition coefficient (Wildman–Crippen LogP) is 4.31. The van der Waals surface area contributed by atoms with Crippen molar-refractivity contribution >= 4 is 22.4 Å². The third kappa shape index (κ3) is 4.71. The third-order valence-electron chi connectivity index (χ3n) is 5.71. The van der Waals surface area contributed by atoms with Crippen molar-refractivity contribution in [3.05, 3.63) is 83.1 Å². The van der Waals surface area contributed by atoms with Gasteiger partial charge in [0.1, 0.15) is 11.6 Å². The molecule has 0 bridgehead atoms. The summed E-state index contributed by atoms with van der Waals surface area (Å²) in [6.45, 7) is 6.99. The van der Waals surface area contributed by atoms with Crippen LogP contribution in [0.4, 0.5) is 10.1 Å². The highest BCUT2D eigenvalue weighted by atomic mass is 32.2. The molecule has 3 aromatic rings. The van der Waals surface area contributed by atoms with Gasteiger partial charge in [0.15, 0.2) is 5.76 Å². The lowest BCUT2D eigenvalue weighted by atomic mass is 10.1. The van der Waals surface area contributed by atoms with Gasteiger partial charge in [-0.25, -0.2) is 4.39 Å². The number of anilines is 1. The second-order valence-corrected chi connectivity index (χ2v) is 9.16. The topological polar surface area (TPSA) is 53.8 Å². The van der Waals surface area contributed by atoms with E-state index >= 15 is 0 Å². The van der Waals surface area contributed by atoms with Gasteiger partial charge in [-0.05, 0) is 67.4 Å². The van der Waals surface area contributed by atoms with Crippen molar-refractivity contribution in [1.82, 2.24) is 4.90 Å². The van der Waals surface area contributed by atoms with Gasteiger partial charge in [-0.2, -0.15) is 0 Å². The fraction of sp³-hybridized carbons (Fsp3) is 0.292. The summed E-state index contributed by atoms with van der Waals surface area (Å²) in [6, 6.07) is 15.2. The first kappa shape index (κ1) is 21.3. The Morgan fingerprint density at radius 2 is 1.71 bits per heavy atom. The van der Waals surface area contributed by atoms with Gasteiger partial charge < -0.3 is 14.2 Å². The Labute approximate surface area is 183 Å². The number of halogens is 1. The van der Waals surface area contributed by atoms with Crippen molar-refractivity contribution in [2.75, 3.05) is 31.1 Å². The first-order valence-corrected chi connectivity index (χ1v) is 11.6. The maximum atomic E-state index is 13.0. The number of amides is 1. The molecule has 0 aliphatic carbocycles. The van der Waals surface area contributed by atoms with Crippen molar-refractivity contribution in [1.29, 1.82) is 0 Å². The average Bonchev–Trinajstić information content (AvgIpc) is 3.24. The molecule has 1 saturated heterocycles. The van der Waals surface area contributed by atoms with E-state index in [1.807, 2.05) is 0 Å². The highest BCUT2D eigenvalue weighted by molar-refractivity contribution is 7.84. The molecule has 31 heavy (non-hydrogen) atoms. The van der Waals surface area contributed by atoms with E-state index < -0.39 is 10.8 Å². The summed E-state index contributed by atoms with van der Waals surface area (Å²) in [6.07, 6.45) is 0. The number of nitrogens with zero attached hydrogens (tertiary/aromatic N) is 2. The number of carbonyl (C=O) groups excluding carboxylic acids is 1. The molecule has 7 heteroatoms. The Morgan fingerprint density at radius 1 is 1.00 bits per heavy atom. The summed E-state index contributed by atoms with van der Waals surface area (Å²) in [4.78, 5) is 17.5. The quantitative estimate of drug-likeness (QED) is 0.593. The molecule has 5 nitrogen and oxygen atoms in total. The van der Waals surface area contributed by atoms with Crippen LogP contribution >= 0.6 is 0 Å². The molecule has 1 atom stereocenters. The molecule has 0 saturated carbocycles. The maximum absolute atomic E-state index is 13.0. The van der Waals surface area contributed by atoms with E-state index in [0.717, 1.165) is 13.1 Å². The minimum absolute atomic E-state index is 0.138. The Hall–Kier alpha value is -2.93. The highest BCUT2D eigenvalue weighted by Crippen LogP contribution is 2.24. The van der Waals surface area contributed by atoms with Crippen LogP contribution < -0.4 is 4.90 Å². The Kier molecular flexibility index (Phi) is 6.23. The number of piperazine rings is 1. The summed E-state index contributed by atoms with van der Waals surface area (Å²) in [5.41, 5.74) is 3.75. The van der Waals surface area contributed by atoms with Gasteiger partial charge in [0, 0.05) is 36.8 Å². The molecular weight excluding hydrogens is 415 g/mol. The second-order valence-electron chi connectivity index (χ2n) is 7.71. The third-order valence-corrected chi connectivity index (χ3v) is 7.05. The van der Waals surface area contributed by atoms with E-state index in [1.165, 1.54) is 41.1 Å². The Bertz CT molecular complexity index is 1100. The van der Waals surface area contributed by atoms with E-state index in [4.69, 9.17) is 4.42 Å². The lowest BCUT2D eigenvalue weighted by molar-refractivity contribution is 0.0713. The maximum Gasteiger partial charge on any atom is 0.289 e. The number of carbonyl (C=O) groups is 1. The van der Waals surface area contributed by atoms with E-state index in [1.54, 1.807) is 17.0 Å². The van der Waals surface area contributed by atoms with Crippen LogP contribution in [0.25, 0.3) is 0 Å². The van der Waals surface area contributed by atoms with Crippen LogP contribution in [0.15, 0.2) is 63.9 Å². The van der Waals surface area contributed by atoms with Crippen LogP contribution in [-0.2, 0) is 16.6 Å². The van der Waals surface area contributed by atoms with Gasteiger partial charge in [0.25, 0.3) is 5.91 Å². The van der Waals surface area contributed by atoms with Gasteiger partial charge in [-0.3, -0.25) is 9.00 Å². The first-order valence-electron chi connectivity index (χ1n) is 10.3. The molecule has 1 fully saturated rings. The molecular formula is C24H25FN2O3S. The minimum Gasteiger partial charge on any atom is -0.455 e. The molecule has 162 valence electrons. The van der Waals surface area contributed by atoms with Crippen molar-refractivity contribution in [3.63, 3.8) is 0 Å². The molecule has 1 aliphatic heterocycles. The number of benzene rings is 2. The minimum atomic E-state index is -1.37. The zero-order chi connectivity index (χ0) is 22.0. The highest BCUT2D eigenvalue weighted by Gasteiger charge is 2.25. The molecule has 1 unspecified atom stereocenters. The van der Waals surface area contributed by atoms with Crippen molar-refractivity contribution in [2.24, 2.45) is 0 Å². The number of rotatable bonds is 5. The molecule has 1 aliphatic rings. The molecule has 0 radical (unpaired) electrons. The number of hydrogen-bond donors (Lipinski definition) is 0. The van der Waals surface area contributed by atoms with E-state index in [2.05, 4.69) is 36.9 Å². The summed E-state index contributed by atoms with van der Waals surface area (Å²) < 4.78 is 31.2. The molecule has 2 heterocycles. The predicted molar refractivity (Wildman–Crippen MR) is 119 cm³/mol. The molecule has 1 aromatic heterocycles. The molecule has 1 amide bonds. The average molecular weight is 441 g/mol. The van der Waals surface area contributed by atoms with Gasteiger partial charge in [-0.15, -0.1) is 0 Å². The van der Waals surface area contributed by atoms with Crippen LogP contribution in [0.3, 0.4) is 0 Å². The normalized spacial score (nSPS) is 15.2. The largest absolute Gasteiger partial charge is 0.455 e. The Morgan fingerprint density at radius 3 is 2.42 bits per heavy atom. The smallest absolute Gasteiger partial charge is 0.289 e. The van der Waals surface area contributed by atoms with E-state index in [0.29, 0.717) is 23.7 Å². The van der Waals surface area contributed by atoms with Crippen LogP contribution in [-0.4, -0.2) is 41.2 Å². The summed E-state index contributed by atoms with van der Waals surface area (Å²) >= 11 is 0. The fourth-order valence-electron chi connectivity index (χ4n) is 3.75. The van der Waals surface area contributed by atoms with E-state index in [-0.39, 0.29) is 23.2 Å². The van der Waals surface area contributed by atoms with Crippen LogP contribution in [0, 0.1) is 19.7 Å². The number of aryl methyl sites for hydroxylation is 1. The van der Waals surface area contributed by atoms with Gasteiger partial charge >= 0.3 is 0 Å². The van der Waals surface area contributed by atoms with Gasteiger partial charge in [-0.1, -0.05) is 12.1 Å². The van der Waals surface area contributed by atoms with Crippen molar-refractivity contribution in [3.8, 4) is 0 Å².